The van der Waals surface area contributed by atoms with Crippen molar-refractivity contribution in [2.24, 2.45) is 11.5 Å². The van der Waals surface area contributed by atoms with Crippen molar-refractivity contribution in [2.45, 2.75) is 29.4 Å². The minimum atomic E-state index is -5.08. The topological polar surface area (TPSA) is 123 Å². The number of rotatable bonds is 3. The second-order valence-electron chi connectivity index (χ2n) is 5.12. The van der Waals surface area contributed by atoms with Gasteiger partial charge in [0, 0.05) is 0 Å². The molecule has 0 saturated carbocycles. The fraction of sp³-hybridized carbons (Fsp3) is 0.267. The number of alkyl halides is 3. The summed E-state index contributed by atoms with van der Waals surface area (Å²) < 4.78 is 56.3. The molecular formula is C15H17F3N2O4S. The first kappa shape index (κ1) is 20.9. The number of aliphatic carboxylic acids is 1. The molecule has 0 aliphatic carbocycles. The van der Waals surface area contributed by atoms with Gasteiger partial charge in [0.25, 0.3) is 0 Å². The Bertz CT molecular complexity index is 864. The zero-order chi connectivity index (χ0) is 19.5. The largest absolute Gasteiger partial charge is 0.490 e. The fourth-order valence-electron chi connectivity index (χ4n) is 1.74. The molecule has 2 aromatic rings. The number of fused-ring (bicyclic) bond motifs is 1. The van der Waals surface area contributed by atoms with E-state index in [0.717, 1.165) is 10.8 Å². The van der Waals surface area contributed by atoms with E-state index in [1.807, 2.05) is 24.3 Å². The quantitative estimate of drug-likeness (QED) is 0.704. The van der Waals surface area contributed by atoms with Gasteiger partial charge in [0.1, 0.15) is 0 Å². The first-order valence-electron chi connectivity index (χ1n) is 6.94. The molecule has 138 valence electrons. The molecule has 0 aliphatic heterocycles. The van der Waals surface area contributed by atoms with Gasteiger partial charge in [-0.3, -0.25) is 0 Å². The Labute approximate surface area is 142 Å². The highest BCUT2D eigenvalue weighted by Gasteiger charge is 2.38. The number of halogens is 3. The van der Waals surface area contributed by atoms with E-state index in [0.29, 0.717) is 0 Å². The van der Waals surface area contributed by atoms with E-state index in [4.69, 9.17) is 21.4 Å². The second kappa shape index (κ2) is 7.38. The third-order valence-electron chi connectivity index (χ3n) is 3.33. The number of hydrogen-bond acceptors (Lipinski definition) is 5. The predicted molar refractivity (Wildman–Crippen MR) is 86.2 cm³/mol. The lowest BCUT2D eigenvalue weighted by atomic mass is 10.1. The van der Waals surface area contributed by atoms with E-state index in [1.54, 1.807) is 25.1 Å². The molecule has 2 aromatic carbocycles. The van der Waals surface area contributed by atoms with Crippen LogP contribution < -0.4 is 11.5 Å². The Morgan fingerprint density at radius 1 is 1.08 bits per heavy atom. The van der Waals surface area contributed by atoms with Crippen molar-refractivity contribution in [3.63, 3.8) is 0 Å². The lowest BCUT2D eigenvalue weighted by molar-refractivity contribution is -0.192. The van der Waals surface area contributed by atoms with Gasteiger partial charge in [-0.1, -0.05) is 37.3 Å². The summed E-state index contributed by atoms with van der Waals surface area (Å²) in [5, 5.41) is 8.96. The van der Waals surface area contributed by atoms with Crippen LogP contribution in [0.25, 0.3) is 10.8 Å². The molecule has 6 nitrogen and oxygen atoms in total. The average Bonchev–Trinajstić information content (AvgIpc) is 2.53. The lowest BCUT2D eigenvalue weighted by Gasteiger charge is -2.22. The van der Waals surface area contributed by atoms with Crippen LogP contribution in [0.3, 0.4) is 0 Å². The third kappa shape index (κ3) is 4.91. The number of hydrogen-bond donors (Lipinski definition) is 3. The van der Waals surface area contributed by atoms with Crippen LogP contribution in [-0.4, -0.2) is 30.7 Å². The number of carbonyl (C=O) groups is 1. The Balaban J connectivity index is 0.000000381. The summed E-state index contributed by atoms with van der Waals surface area (Å²) in [6.07, 6.45) is -4.93. The molecular weight excluding hydrogens is 361 g/mol. The van der Waals surface area contributed by atoms with Gasteiger partial charge < -0.3 is 16.6 Å². The van der Waals surface area contributed by atoms with Crippen LogP contribution in [0, 0.1) is 0 Å². The van der Waals surface area contributed by atoms with Crippen molar-refractivity contribution in [3.05, 3.63) is 42.5 Å². The highest BCUT2D eigenvalue weighted by atomic mass is 32.2. The van der Waals surface area contributed by atoms with Crippen molar-refractivity contribution in [3.8, 4) is 0 Å². The molecule has 25 heavy (non-hydrogen) atoms. The molecule has 2 rings (SSSR count). The van der Waals surface area contributed by atoms with Crippen LogP contribution >= 0.6 is 0 Å². The summed E-state index contributed by atoms with van der Waals surface area (Å²) in [6.45, 7) is 1.65. The molecule has 0 heterocycles. The fourth-order valence-corrected chi connectivity index (χ4v) is 3.09. The molecule has 0 aromatic heterocycles. The molecule has 0 radical (unpaired) electrons. The van der Waals surface area contributed by atoms with Crippen LogP contribution in [0.5, 0.6) is 0 Å². The van der Waals surface area contributed by atoms with Crippen molar-refractivity contribution >= 4 is 26.6 Å². The van der Waals surface area contributed by atoms with Crippen LogP contribution in [-0.2, 0) is 14.6 Å². The van der Waals surface area contributed by atoms with Crippen molar-refractivity contribution in [1.29, 1.82) is 0 Å². The lowest BCUT2D eigenvalue weighted by Crippen LogP contribution is -2.55. The molecule has 0 fully saturated rings. The summed E-state index contributed by atoms with van der Waals surface area (Å²) in [7, 11) is -3.72. The monoisotopic (exact) mass is 378 g/mol. The van der Waals surface area contributed by atoms with Crippen LogP contribution in [0.4, 0.5) is 13.2 Å². The molecule has 0 aliphatic rings. The van der Waals surface area contributed by atoms with Gasteiger partial charge in [0.2, 0.25) is 9.84 Å². The maximum absolute atomic E-state index is 12.3. The van der Waals surface area contributed by atoms with Gasteiger partial charge in [-0.25, -0.2) is 13.2 Å². The Kier molecular flexibility index (Phi) is 6.16. The van der Waals surface area contributed by atoms with E-state index >= 15 is 0 Å². The Morgan fingerprint density at radius 2 is 1.56 bits per heavy atom. The number of carboxylic acids is 1. The Hall–Kier alpha value is -2.17. The van der Waals surface area contributed by atoms with Gasteiger partial charge >= 0.3 is 12.1 Å². The van der Waals surface area contributed by atoms with Crippen molar-refractivity contribution in [2.75, 3.05) is 0 Å². The smallest absolute Gasteiger partial charge is 0.475 e. The number of sulfone groups is 1. The Morgan fingerprint density at radius 3 is 2.00 bits per heavy atom. The molecule has 0 bridgehead atoms. The van der Waals surface area contributed by atoms with E-state index in [1.165, 1.54) is 0 Å². The van der Waals surface area contributed by atoms with E-state index < -0.39 is 27.0 Å². The highest BCUT2D eigenvalue weighted by molar-refractivity contribution is 7.92. The summed E-state index contributed by atoms with van der Waals surface area (Å²) in [4.78, 5) is 7.33. The highest BCUT2D eigenvalue weighted by Crippen LogP contribution is 2.24. The van der Waals surface area contributed by atoms with Crippen LogP contribution in [0.15, 0.2) is 47.4 Å². The molecule has 0 amide bonds. The van der Waals surface area contributed by atoms with Crippen LogP contribution in [0.1, 0.15) is 13.3 Å². The number of carboxylic acid groups (broad SMARTS) is 1. The summed E-state index contributed by atoms with van der Waals surface area (Å²) in [5.41, 5.74) is 11.3. The molecule has 0 spiro atoms. The third-order valence-corrected chi connectivity index (χ3v) is 5.49. The second-order valence-corrected chi connectivity index (χ2v) is 7.36. The van der Waals surface area contributed by atoms with E-state index in [9.17, 15) is 21.6 Å². The van der Waals surface area contributed by atoms with Gasteiger partial charge in [0.15, 0.2) is 4.99 Å². The maximum Gasteiger partial charge on any atom is 0.490 e. The first-order valence-corrected chi connectivity index (χ1v) is 8.42. The number of benzene rings is 2. The minimum absolute atomic E-state index is 0.155. The van der Waals surface area contributed by atoms with Gasteiger partial charge in [0.05, 0.1) is 4.90 Å². The zero-order valence-electron chi connectivity index (χ0n) is 13.1. The van der Waals surface area contributed by atoms with Crippen molar-refractivity contribution in [1.82, 2.24) is 0 Å². The minimum Gasteiger partial charge on any atom is -0.475 e. The summed E-state index contributed by atoms with van der Waals surface area (Å²) in [5.74, 6) is -2.76. The van der Waals surface area contributed by atoms with Gasteiger partial charge in [-0.15, -0.1) is 0 Å². The van der Waals surface area contributed by atoms with Gasteiger partial charge in [-0.2, -0.15) is 13.2 Å². The SMILES string of the molecule is CCC(N)(N)S(=O)(=O)c1ccc2ccccc2c1.O=C(O)C(F)(F)F. The molecule has 0 atom stereocenters. The van der Waals surface area contributed by atoms with Crippen molar-refractivity contribution < 1.29 is 31.5 Å². The molecule has 0 saturated heterocycles. The first-order chi connectivity index (χ1) is 11.3. The summed E-state index contributed by atoms with van der Waals surface area (Å²) >= 11 is 0. The molecule has 0 unspecified atom stereocenters. The summed E-state index contributed by atoms with van der Waals surface area (Å²) in [6, 6.07) is 12.4. The van der Waals surface area contributed by atoms with Crippen LogP contribution in [0.2, 0.25) is 0 Å². The average molecular weight is 378 g/mol. The number of nitrogens with two attached hydrogens (primary N) is 2. The molecule has 5 N–H and O–H groups in total. The van der Waals surface area contributed by atoms with Gasteiger partial charge in [-0.05, 0) is 29.3 Å². The standard InChI is InChI=1S/C13H16N2O2S.C2HF3O2/c1-2-13(14,15)18(16,17)12-8-7-10-5-3-4-6-11(10)9-12;3-2(4,5)1(6)7/h3-9H,2,14-15H2,1H3;(H,6,7). The van der Waals surface area contributed by atoms with E-state index in [2.05, 4.69) is 0 Å². The predicted octanol–water partition coefficient (Wildman–Crippen LogP) is 2.23. The van der Waals surface area contributed by atoms with E-state index in [-0.39, 0.29) is 11.3 Å². The normalized spacial score (nSPS) is 12.4. The maximum atomic E-state index is 12.3. The molecule has 10 heteroatoms. The zero-order valence-corrected chi connectivity index (χ0v) is 13.9.